The van der Waals surface area contributed by atoms with Gasteiger partial charge in [0.2, 0.25) is 0 Å². The third-order valence-corrected chi connectivity index (χ3v) is 3.16. The molecule has 1 N–H and O–H groups in total. The highest BCUT2D eigenvalue weighted by Gasteiger charge is 2.15. The van der Waals surface area contributed by atoms with Gasteiger partial charge in [-0.1, -0.05) is 51.1 Å². The number of aromatic hydroxyl groups is 1. The van der Waals surface area contributed by atoms with Crippen LogP contribution in [-0.2, 0) is 4.79 Å². The van der Waals surface area contributed by atoms with E-state index in [9.17, 15) is 9.90 Å². The standard InChI is InChI=1S/C18H21NO2/c1-18(2,3)10-14(20)11-19-12-16-15-7-5-4-6-13(15)8-9-17(16)21/h4-9,12,21H,10-11H2,1-3H3. The lowest BCUT2D eigenvalue weighted by Gasteiger charge is -2.15. The van der Waals surface area contributed by atoms with Gasteiger partial charge < -0.3 is 5.11 Å². The number of nitrogens with zero attached hydrogens (tertiary/aromatic N) is 1. The number of hydrogen-bond donors (Lipinski definition) is 1. The molecule has 0 bridgehead atoms. The topological polar surface area (TPSA) is 49.7 Å². The van der Waals surface area contributed by atoms with E-state index >= 15 is 0 Å². The average molecular weight is 283 g/mol. The van der Waals surface area contributed by atoms with Crippen LogP contribution in [0.5, 0.6) is 5.75 Å². The van der Waals surface area contributed by atoms with Crippen LogP contribution in [0.2, 0.25) is 0 Å². The Kier molecular flexibility index (Phi) is 4.41. The van der Waals surface area contributed by atoms with E-state index in [1.165, 1.54) is 0 Å². The van der Waals surface area contributed by atoms with Gasteiger partial charge in [-0.05, 0) is 22.3 Å². The zero-order valence-corrected chi connectivity index (χ0v) is 12.8. The molecule has 2 aromatic carbocycles. The molecule has 0 fully saturated rings. The van der Waals surface area contributed by atoms with Crippen molar-refractivity contribution in [1.29, 1.82) is 0 Å². The molecule has 0 amide bonds. The normalized spacial score (nSPS) is 12.1. The molecule has 0 aliphatic carbocycles. The summed E-state index contributed by atoms with van der Waals surface area (Å²) in [7, 11) is 0. The molecule has 3 heteroatoms. The van der Waals surface area contributed by atoms with E-state index in [4.69, 9.17) is 0 Å². The Labute approximate surface area is 125 Å². The van der Waals surface area contributed by atoms with Gasteiger partial charge in [0.25, 0.3) is 0 Å². The van der Waals surface area contributed by atoms with Gasteiger partial charge in [-0.15, -0.1) is 0 Å². The molecule has 0 unspecified atom stereocenters. The molecule has 0 aromatic heterocycles. The van der Waals surface area contributed by atoms with Crippen molar-refractivity contribution in [3.05, 3.63) is 42.0 Å². The molecule has 0 atom stereocenters. The monoisotopic (exact) mass is 283 g/mol. The van der Waals surface area contributed by atoms with Crippen molar-refractivity contribution >= 4 is 22.8 Å². The summed E-state index contributed by atoms with van der Waals surface area (Å²) in [6.45, 7) is 6.25. The van der Waals surface area contributed by atoms with E-state index < -0.39 is 0 Å². The van der Waals surface area contributed by atoms with Crippen LogP contribution in [0.1, 0.15) is 32.8 Å². The minimum Gasteiger partial charge on any atom is -0.507 e. The highest BCUT2D eigenvalue weighted by atomic mass is 16.3. The zero-order chi connectivity index (χ0) is 15.5. The molecule has 110 valence electrons. The van der Waals surface area contributed by atoms with Crippen molar-refractivity contribution in [2.75, 3.05) is 6.54 Å². The van der Waals surface area contributed by atoms with Crippen molar-refractivity contribution in [2.24, 2.45) is 10.4 Å². The molecule has 0 saturated heterocycles. The summed E-state index contributed by atoms with van der Waals surface area (Å²) < 4.78 is 0. The molecular weight excluding hydrogens is 262 g/mol. The molecule has 2 rings (SSSR count). The number of phenols is 1. The number of benzene rings is 2. The van der Waals surface area contributed by atoms with E-state index in [1.807, 2.05) is 51.1 Å². The largest absolute Gasteiger partial charge is 0.507 e. The lowest BCUT2D eigenvalue weighted by molar-refractivity contribution is -0.119. The molecule has 0 saturated carbocycles. The molecule has 3 nitrogen and oxygen atoms in total. The molecule has 0 radical (unpaired) electrons. The summed E-state index contributed by atoms with van der Waals surface area (Å²) in [6.07, 6.45) is 2.10. The average Bonchev–Trinajstić information content (AvgIpc) is 2.39. The van der Waals surface area contributed by atoms with Crippen molar-refractivity contribution < 1.29 is 9.90 Å². The van der Waals surface area contributed by atoms with Gasteiger partial charge in [-0.25, -0.2) is 0 Å². The van der Waals surface area contributed by atoms with Crippen LogP contribution < -0.4 is 0 Å². The van der Waals surface area contributed by atoms with Gasteiger partial charge in [-0.2, -0.15) is 0 Å². The first-order valence-electron chi connectivity index (χ1n) is 7.09. The predicted octanol–water partition coefficient (Wildman–Crippen LogP) is 3.97. The fraction of sp³-hybridized carbons (Fsp3) is 0.333. The number of carbonyl (C=O) groups is 1. The number of carbonyl (C=O) groups excluding carboxylic acids is 1. The minimum absolute atomic E-state index is 0.0197. The SMILES string of the molecule is CC(C)(C)CC(=O)CN=Cc1c(O)ccc2ccccc12. The van der Waals surface area contributed by atoms with Gasteiger partial charge in [0.1, 0.15) is 5.75 Å². The Morgan fingerprint density at radius 1 is 1.19 bits per heavy atom. The van der Waals surface area contributed by atoms with E-state index in [0.717, 1.165) is 10.8 Å². The molecule has 0 spiro atoms. The predicted molar refractivity (Wildman–Crippen MR) is 87.2 cm³/mol. The Balaban J connectivity index is 2.18. The maximum atomic E-state index is 11.8. The first-order valence-corrected chi connectivity index (χ1v) is 7.09. The van der Waals surface area contributed by atoms with Crippen molar-refractivity contribution in [2.45, 2.75) is 27.2 Å². The Hall–Kier alpha value is -2.16. The Morgan fingerprint density at radius 2 is 1.90 bits per heavy atom. The van der Waals surface area contributed by atoms with Crippen LogP contribution in [-0.4, -0.2) is 23.6 Å². The number of Topliss-reactive ketones (excluding diaryl/α,β-unsaturated/α-hetero) is 1. The van der Waals surface area contributed by atoms with Crippen LogP contribution >= 0.6 is 0 Å². The smallest absolute Gasteiger partial charge is 0.154 e. The van der Waals surface area contributed by atoms with Crippen LogP contribution in [0.4, 0.5) is 0 Å². The number of hydrogen-bond acceptors (Lipinski definition) is 3. The Morgan fingerprint density at radius 3 is 2.62 bits per heavy atom. The summed E-state index contributed by atoms with van der Waals surface area (Å²) in [6, 6.07) is 11.3. The lowest BCUT2D eigenvalue weighted by Crippen LogP contribution is -2.14. The summed E-state index contributed by atoms with van der Waals surface area (Å²) in [5, 5.41) is 12.0. The van der Waals surface area contributed by atoms with Crippen LogP contribution in [0.25, 0.3) is 10.8 Å². The molecule has 21 heavy (non-hydrogen) atoms. The Bertz CT molecular complexity index is 681. The third-order valence-electron chi connectivity index (χ3n) is 3.16. The second-order valence-electron chi connectivity index (χ2n) is 6.47. The van der Waals surface area contributed by atoms with E-state index in [1.54, 1.807) is 12.3 Å². The molecular formula is C18H21NO2. The number of ketones is 1. The van der Waals surface area contributed by atoms with Crippen LogP contribution in [0.15, 0.2) is 41.4 Å². The second-order valence-corrected chi connectivity index (χ2v) is 6.47. The van der Waals surface area contributed by atoms with Gasteiger partial charge >= 0.3 is 0 Å². The van der Waals surface area contributed by atoms with Gasteiger partial charge in [0.05, 0.1) is 6.54 Å². The second kappa shape index (κ2) is 6.08. The minimum atomic E-state index is -0.0197. The van der Waals surface area contributed by atoms with Crippen LogP contribution in [0.3, 0.4) is 0 Å². The molecule has 0 aliphatic heterocycles. The third kappa shape index (κ3) is 4.15. The van der Waals surface area contributed by atoms with Crippen molar-refractivity contribution in [3.63, 3.8) is 0 Å². The van der Waals surface area contributed by atoms with Crippen molar-refractivity contribution in [3.8, 4) is 5.75 Å². The summed E-state index contributed by atoms with van der Waals surface area (Å²) >= 11 is 0. The highest BCUT2D eigenvalue weighted by molar-refractivity contribution is 6.02. The summed E-state index contributed by atoms with van der Waals surface area (Å²) in [5.74, 6) is 0.291. The molecule has 0 aliphatic rings. The molecule has 0 heterocycles. The first kappa shape index (κ1) is 15.2. The number of fused-ring (bicyclic) bond motifs is 1. The maximum Gasteiger partial charge on any atom is 0.154 e. The first-order chi connectivity index (χ1) is 9.87. The van der Waals surface area contributed by atoms with Crippen molar-refractivity contribution in [1.82, 2.24) is 0 Å². The number of aliphatic imine (C=N–C) groups is 1. The maximum absolute atomic E-state index is 11.8. The summed E-state index contributed by atoms with van der Waals surface area (Å²) in [5.41, 5.74) is 0.644. The molecule has 2 aromatic rings. The van der Waals surface area contributed by atoms with Gasteiger partial charge in [0, 0.05) is 18.2 Å². The summed E-state index contributed by atoms with van der Waals surface area (Å²) in [4.78, 5) is 16.0. The fourth-order valence-electron chi connectivity index (χ4n) is 2.31. The van der Waals surface area contributed by atoms with Gasteiger partial charge in [-0.3, -0.25) is 9.79 Å². The highest BCUT2D eigenvalue weighted by Crippen LogP contribution is 2.25. The van der Waals surface area contributed by atoms with E-state index in [2.05, 4.69) is 4.99 Å². The number of rotatable bonds is 4. The fourth-order valence-corrected chi connectivity index (χ4v) is 2.31. The van der Waals surface area contributed by atoms with Crippen LogP contribution in [0, 0.1) is 5.41 Å². The quantitative estimate of drug-likeness (QED) is 0.863. The number of phenolic OH excluding ortho intramolecular Hbond substituents is 1. The van der Waals surface area contributed by atoms with E-state index in [-0.39, 0.29) is 23.5 Å². The van der Waals surface area contributed by atoms with Gasteiger partial charge in [0.15, 0.2) is 5.78 Å². The zero-order valence-electron chi connectivity index (χ0n) is 12.8. The van der Waals surface area contributed by atoms with E-state index in [0.29, 0.717) is 12.0 Å². The lowest BCUT2D eigenvalue weighted by atomic mass is 9.90.